The summed E-state index contributed by atoms with van der Waals surface area (Å²) in [5.41, 5.74) is 1.95. The van der Waals surface area contributed by atoms with Gasteiger partial charge >= 0.3 is 6.03 Å². The van der Waals surface area contributed by atoms with Gasteiger partial charge in [-0.2, -0.15) is 0 Å². The molecule has 2 aromatic rings. The van der Waals surface area contributed by atoms with E-state index in [0.29, 0.717) is 0 Å². The molecule has 0 spiro atoms. The number of benzene rings is 2. The molecule has 1 fully saturated rings. The average Bonchev–Trinajstić information content (AvgIpc) is 2.85. The Balaban J connectivity index is 1.78. The van der Waals surface area contributed by atoms with E-state index >= 15 is 0 Å². The van der Waals surface area contributed by atoms with E-state index in [2.05, 4.69) is 21.2 Å². The van der Waals surface area contributed by atoms with Crippen molar-refractivity contribution in [2.45, 2.75) is 26.5 Å². The molecular weight excluding hydrogens is 396 g/mol. The number of hydrogen-bond donors (Lipinski definition) is 1. The van der Waals surface area contributed by atoms with Crippen molar-refractivity contribution < 1.29 is 14.3 Å². The van der Waals surface area contributed by atoms with Crippen LogP contribution in [0.3, 0.4) is 0 Å². The van der Waals surface area contributed by atoms with E-state index in [1.165, 1.54) is 4.90 Å². The van der Waals surface area contributed by atoms with Crippen LogP contribution in [0.5, 0.6) is 5.75 Å². The van der Waals surface area contributed by atoms with Crippen LogP contribution in [-0.4, -0.2) is 22.9 Å². The normalized spacial score (nSPS) is 15.7. The molecule has 3 rings (SSSR count). The lowest BCUT2D eigenvalue weighted by Gasteiger charge is -2.12. The van der Waals surface area contributed by atoms with Gasteiger partial charge < -0.3 is 10.1 Å². The van der Waals surface area contributed by atoms with E-state index in [9.17, 15) is 9.59 Å². The maximum atomic E-state index is 12.6. The summed E-state index contributed by atoms with van der Waals surface area (Å²) in [6, 6.07) is 14.5. The summed E-state index contributed by atoms with van der Waals surface area (Å²) in [5, 5.41) is 2.64. The first-order chi connectivity index (χ1) is 12.4. The van der Waals surface area contributed by atoms with E-state index in [-0.39, 0.29) is 24.3 Å². The topological polar surface area (TPSA) is 58.6 Å². The van der Waals surface area contributed by atoms with Crippen molar-refractivity contribution in [3.63, 3.8) is 0 Å². The lowest BCUT2D eigenvalue weighted by molar-refractivity contribution is -0.123. The molecule has 0 aromatic heterocycles. The minimum atomic E-state index is -0.413. The third kappa shape index (κ3) is 4.14. The predicted octanol–water partition coefficient (Wildman–Crippen LogP) is 4.33. The Bertz CT molecular complexity index is 863. The zero-order valence-electron chi connectivity index (χ0n) is 14.5. The molecule has 6 heteroatoms. The van der Waals surface area contributed by atoms with Crippen molar-refractivity contribution in [2.75, 3.05) is 0 Å². The number of imide groups is 1. The smallest absolute Gasteiger partial charge is 0.329 e. The van der Waals surface area contributed by atoms with Crippen LogP contribution in [0.1, 0.15) is 25.0 Å². The predicted molar refractivity (Wildman–Crippen MR) is 103 cm³/mol. The van der Waals surface area contributed by atoms with Crippen LogP contribution >= 0.6 is 15.9 Å². The van der Waals surface area contributed by atoms with E-state index in [1.807, 2.05) is 62.4 Å². The lowest BCUT2D eigenvalue weighted by atomic mass is 10.1. The molecule has 2 aromatic carbocycles. The fourth-order valence-corrected chi connectivity index (χ4v) is 3.09. The van der Waals surface area contributed by atoms with Gasteiger partial charge in [-0.25, -0.2) is 4.79 Å². The summed E-state index contributed by atoms with van der Waals surface area (Å²) in [4.78, 5) is 25.9. The molecule has 0 aliphatic carbocycles. The van der Waals surface area contributed by atoms with Gasteiger partial charge in [-0.1, -0.05) is 36.4 Å². The first kappa shape index (κ1) is 18.2. The number of urea groups is 1. The van der Waals surface area contributed by atoms with Crippen LogP contribution in [0, 0.1) is 0 Å². The lowest BCUT2D eigenvalue weighted by Crippen LogP contribution is -2.30. The van der Waals surface area contributed by atoms with Gasteiger partial charge in [0.2, 0.25) is 0 Å². The Morgan fingerprint density at radius 2 is 1.88 bits per heavy atom. The fourth-order valence-electron chi connectivity index (χ4n) is 2.60. The largest absolute Gasteiger partial charge is 0.490 e. The van der Waals surface area contributed by atoms with E-state index in [0.717, 1.165) is 21.3 Å². The molecule has 1 N–H and O–H groups in total. The van der Waals surface area contributed by atoms with Gasteiger partial charge in [0, 0.05) is 0 Å². The number of halogens is 1. The van der Waals surface area contributed by atoms with Gasteiger partial charge in [-0.15, -0.1) is 0 Å². The van der Waals surface area contributed by atoms with E-state index < -0.39 is 6.03 Å². The number of carbonyl (C=O) groups is 2. The second-order valence-corrected chi connectivity index (χ2v) is 7.08. The Morgan fingerprint density at radius 3 is 2.54 bits per heavy atom. The SMILES string of the molecule is CC(C)Oc1ccc(/C=C2/NC(=O)N(Cc3ccccc3)C2=O)cc1Br. The summed E-state index contributed by atoms with van der Waals surface area (Å²) >= 11 is 3.47. The molecular formula is C20H19BrN2O3. The van der Waals surface area contributed by atoms with Gasteiger partial charge in [0.15, 0.2) is 0 Å². The highest BCUT2D eigenvalue weighted by Crippen LogP contribution is 2.28. The van der Waals surface area contributed by atoms with Crippen LogP contribution in [0.15, 0.2) is 58.7 Å². The first-order valence-corrected chi connectivity index (χ1v) is 9.08. The van der Waals surface area contributed by atoms with Crippen LogP contribution in [0.25, 0.3) is 6.08 Å². The molecule has 1 saturated heterocycles. The summed E-state index contributed by atoms with van der Waals surface area (Å²) in [5.74, 6) is 0.395. The number of nitrogens with one attached hydrogen (secondary N) is 1. The van der Waals surface area contributed by atoms with Crippen molar-refractivity contribution in [3.05, 3.63) is 69.8 Å². The molecule has 0 saturated carbocycles. The molecule has 1 heterocycles. The standard InChI is InChI=1S/C20H19BrN2O3/c1-13(2)26-18-9-8-15(10-16(18)21)11-17-19(24)23(20(25)22-17)12-14-6-4-3-5-7-14/h3-11,13H,12H2,1-2H3,(H,22,25)/b17-11+. The Hall–Kier alpha value is -2.60. The monoisotopic (exact) mass is 414 g/mol. The summed E-state index contributed by atoms with van der Waals surface area (Å²) < 4.78 is 6.47. The second-order valence-electron chi connectivity index (χ2n) is 6.22. The van der Waals surface area contributed by atoms with E-state index in [1.54, 1.807) is 6.08 Å². The molecule has 134 valence electrons. The molecule has 1 aliphatic heterocycles. The Labute approximate surface area is 160 Å². The van der Waals surface area contributed by atoms with Crippen molar-refractivity contribution in [3.8, 4) is 5.75 Å². The van der Waals surface area contributed by atoms with Gasteiger partial charge in [0.1, 0.15) is 11.4 Å². The molecule has 26 heavy (non-hydrogen) atoms. The number of rotatable bonds is 5. The maximum absolute atomic E-state index is 12.6. The van der Waals surface area contributed by atoms with Crippen molar-refractivity contribution in [1.82, 2.24) is 10.2 Å². The zero-order chi connectivity index (χ0) is 18.7. The fraction of sp³-hybridized carbons (Fsp3) is 0.200. The summed E-state index contributed by atoms with van der Waals surface area (Å²) in [6.45, 7) is 4.15. The molecule has 5 nitrogen and oxygen atoms in total. The second kappa shape index (κ2) is 7.74. The third-order valence-electron chi connectivity index (χ3n) is 3.78. The molecule has 0 atom stereocenters. The zero-order valence-corrected chi connectivity index (χ0v) is 16.1. The highest BCUT2D eigenvalue weighted by Gasteiger charge is 2.33. The van der Waals surface area contributed by atoms with Crippen molar-refractivity contribution in [1.29, 1.82) is 0 Å². The number of carbonyl (C=O) groups excluding carboxylic acids is 2. The van der Waals surface area contributed by atoms with Gasteiger partial charge in [-0.05, 0) is 59.1 Å². The van der Waals surface area contributed by atoms with Crippen LogP contribution in [-0.2, 0) is 11.3 Å². The minimum Gasteiger partial charge on any atom is -0.490 e. The summed E-state index contributed by atoms with van der Waals surface area (Å²) in [6.07, 6.45) is 1.73. The molecule has 0 radical (unpaired) electrons. The highest BCUT2D eigenvalue weighted by molar-refractivity contribution is 9.10. The quantitative estimate of drug-likeness (QED) is 0.584. The molecule has 0 unspecified atom stereocenters. The first-order valence-electron chi connectivity index (χ1n) is 8.28. The number of amides is 3. The summed E-state index contributed by atoms with van der Waals surface area (Å²) in [7, 11) is 0. The van der Waals surface area contributed by atoms with E-state index in [4.69, 9.17) is 4.74 Å². The number of ether oxygens (including phenoxy) is 1. The molecule has 1 aliphatic rings. The van der Waals surface area contributed by atoms with Crippen LogP contribution in [0.4, 0.5) is 4.79 Å². The Kier molecular flexibility index (Phi) is 5.42. The van der Waals surface area contributed by atoms with Crippen LogP contribution in [0.2, 0.25) is 0 Å². The Morgan fingerprint density at radius 1 is 1.15 bits per heavy atom. The van der Waals surface area contributed by atoms with Gasteiger partial charge in [-0.3, -0.25) is 9.69 Å². The maximum Gasteiger partial charge on any atom is 0.329 e. The van der Waals surface area contributed by atoms with Gasteiger partial charge in [0.25, 0.3) is 5.91 Å². The van der Waals surface area contributed by atoms with Gasteiger partial charge in [0.05, 0.1) is 17.1 Å². The van der Waals surface area contributed by atoms with Crippen LogP contribution < -0.4 is 10.1 Å². The van der Waals surface area contributed by atoms with Crippen molar-refractivity contribution in [2.24, 2.45) is 0 Å². The number of nitrogens with zero attached hydrogens (tertiary/aromatic N) is 1. The minimum absolute atomic E-state index is 0.0674. The highest BCUT2D eigenvalue weighted by atomic mass is 79.9. The third-order valence-corrected chi connectivity index (χ3v) is 4.40. The average molecular weight is 415 g/mol. The van der Waals surface area contributed by atoms with Crippen molar-refractivity contribution >= 4 is 33.9 Å². The molecule has 0 bridgehead atoms. The molecule has 3 amide bonds. The number of hydrogen-bond acceptors (Lipinski definition) is 3.